The van der Waals surface area contributed by atoms with Gasteiger partial charge in [0.05, 0.1) is 6.04 Å². The Balaban J connectivity index is 2.17. The molecule has 0 radical (unpaired) electrons. The van der Waals surface area contributed by atoms with Crippen molar-refractivity contribution >= 4 is 28.5 Å². The number of amides is 1. The smallest absolute Gasteiger partial charge is 0.254 e. The first-order valence-electron chi connectivity index (χ1n) is 6.30. The Hall–Kier alpha value is -1.56. The van der Waals surface area contributed by atoms with E-state index in [1.54, 1.807) is 24.1 Å². The number of carbonyl (C=O) groups is 1. The molecule has 0 saturated carbocycles. The van der Waals surface area contributed by atoms with Gasteiger partial charge in [-0.2, -0.15) is 0 Å². The first-order valence-corrected chi connectivity index (χ1v) is 7.38. The van der Waals surface area contributed by atoms with Crippen LogP contribution in [-0.2, 0) is 0 Å². The first-order chi connectivity index (χ1) is 9.49. The van der Waals surface area contributed by atoms with Gasteiger partial charge in [-0.1, -0.05) is 12.1 Å². The summed E-state index contributed by atoms with van der Waals surface area (Å²) in [4.78, 5) is 14.1. The minimum atomic E-state index is -0.0534. The van der Waals surface area contributed by atoms with Crippen LogP contribution in [0.1, 0.15) is 28.9 Å². The van der Waals surface area contributed by atoms with Gasteiger partial charge in [0.15, 0.2) is 0 Å². The molecule has 3 nitrogen and oxygen atoms in total. The zero-order valence-electron chi connectivity index (χ0n) is 11.4. The van der Waals surface area contributed by atoms with Crippen molar-refractivity contribution in [1.82, 2.24) is 4.90 Å². The van der Waals surface area contributed by atoms with E-state index in [1.165, 1.54) is 0 Å². The highest BCUT2D eigenvalue weighted by molar-refractivity contribution is 14.1. The highest BCUT2D eigenvalue weighted by atomic mass is 127. The summed E-state index contributed by atoms with van der Waals surface area (Å²) >= 11 is 2.21. The Morgan fingerprint density at radius 3 is 2.20 bits per heavy atom. The van der Waals surface area contributed by atoms with Crippen molar-refractivity contribution in [3.05, 3.63) is 63.2 Å². The van der Waals surface area contributed by atoms with Gasteiger partial charge in [0.2, 0.25) is 0 Å². The fourth-order valence-corrected chi connectivity index (χ4v) is 2.31. The Morgan fingerprint density at radius 2 is 1.65 bits per heavy atom. The lowest BCUT2D eigenvalue weighted by atomic mass is 10.1. The molecule has 0 bridgehead atoms. The monoisotopic (exact) mass is 381 g/mol. The molecular formula is C16H16INO2. The van der Waals surface area contributed by atoms with Gasteiger partial charge in [0, 0.05) is 16.2 Å². The predicted molar refractivity (Wildman–Crippen MR) is 87.8 cm³/mol. The summed E-state index contributed by atoms with van der Waals surface area (Å²) in [7, 11) is 1.79. The predicted octanol–water partition coefficient (Wildman–Crippen LogP) is 3.83. The average molecular weight is 381 g/mol. The molecule has 1 unspecified atom stereocenters. The Bertz CT molecular complexity index is 593. The number of aromatic hydroxyl groups is 1. The van der Waals surface area contributed by atoms with Crippen LogP contribution in [0.3, 0.4) is 0 Å². The van der Waals surface area contributed by atoms with E-state index >= 15 is 0 Å². The third kappa shape index (κ3) is 3.30. The van der Waals surface area contributed by atoms with E-state index in [0.717, 1.165) is 9.13 Å². The van der Waals surface area contributed by atoms with Gasteiger partial charge < -0.3 is 10.0 Å². The van der Waals surface area contributed by atoms with Gasteiger partial charge in [0.25, 0.3) is 5.91 Å². The summed E-state index contributed by atoms with van der Waals surface area (Å²) in [6, 6.07) is 14.4. The largest absolute Gasteiger partial charge is 0.508 e. The Labute approximate surface area is 132 Å². The summed E-state index contributed by atoms with van der Waals surface area (Å²) < 4.78 is 1.10. The molecule has 4 heteroatoms. The van der Waals surface area contributed by atoms with Crippen LogP contribution in [0.5, 0.6) is 5.75 Å². The summed E-state index contributed by atoms with van der Waals surface area (Å²) in [6.07, 6.45) is 0. The standard InChI is InChI=1S/C16H16INO2/c1-11(12-5-9-15(19)10-6-12)18(2)16(20)13-3-7-14(17)8-4-13/h3-11,19H,1-2H3. The minimum absolute atomic E-state index is 0.0121. The average Bonchev–Trinajstić information content (AvgIpc) is 2.46. The molecule has 0 aromatic heterocycles. The second-order valence-corrected chi connectivity index (χ2v) is 5.94. The van der Waals surface area contributed by atoms with Crippen LogP contribution in [0.25, 0.3) is 0 Å². The van der Waals surface area contributed by atoms with E-state index in [9.17, 15) is 9.90 Å². The normalized spacial score (nSPS) is 11.9. The fourth-order valence-electron chi connectivity index (χ4n) is 1.95. The van der Waals surface area contributed by atoms with Crippen LogP contribution in [-0.4, -0.2) is 23.0 Å². The number of hydrogen-bond acceptors (Lipinski definition) is 2. The third-order valence-corrected chi connectivity index (χ3v) is 4.09. The number of benzene rings is 2. The van der Waals surface area contributed by atoms with Crippen molar-refractivity contribution < 1.29 is 9.90 Å². The molecule has 20 heavy (non-hydrogen) atoms. The van der Waals surface area contributed by atoms with Crippen molar-refractivity contribution in [2.75, 3.05) is 7.05 Å². The molecule has 0 aliphatic carbocycles. The van der Waals surface area contributed by atoms with Gasteiger partial charge in [-0.3, -0.25) is 4.79 Å². The maximum Gasteiger partial charge on any atom is 0.254 e. The van der Waals surface area contributed by atoms with Crippen LogP contribution in [0.15, 0.2) is 48.5 Å². The molecule has 0 heterocycles. The zero-order valence-corrected chi connectivity index (χ0v) is 13.5. The third-order valence-electron chi connectivity index (χ3n) is 3.37. The lowest BCUT2D eigenvalue weighted by Crippen LogP contribution is -2.29. The number of hydrogen-bond donors (Lipinski definition) is 1. The van der Waals surface area contributed by atoms with E-state index in [0.29, 0.717) is 5.56 Å². The topological polar surface area (TPSA) is 40.5 Å². The van der Waals surface area contributed by atoms with E-state index in [2.05, 4.69) is 22.6 Å². The van der Waals surface area contributed by atoms with Crippen molar-refractivity contribution in [3.8, 4) is 5.75 Å². The van der Waals surface area contributed by atoms with E-state index in [1.807, 2.05) is 43.3 Å². The van der Waals surface area contributed by atoms with Crippen LogP contribution in [0.4, 0.5) is 0 Å². The number of nitrogens with zero attached hydrogens (tertiary/aromatic N) is 1. The molecule has 1 N–H and O–H groups in total. The number of phenols is 1. The van der Waals surface area contributed by atoms with Gasteiger partial charge in [-0.05, 0) is 71.5 Å². The molecule has 1 amide bonds. The maximum atomic E-state index is 12.4. The second-order valence-electron chi connectivity index (χ2n) is 4.69. The van der Waals surface area contributed by atoms with Crippen LogP contribution < -0.4 is 0 Å². The molecule has 2 rings (SSSR count). The number of rotatable bonds is 3. The number of halogens is 1. The minimum Gasteiger partial charge on any atom is -0.508 e. The lowest BCUT2D eigenvalue weighted by molar-refractivity contribution is 0.0742. The molecule has 0 saturated heterocycles. The summed E-state index contributed by atoms with van der Waals surface area (Å²) in [6.45, 7) is 1.97. The molecule has 1 atom stereocenters. The highest BCUT2D eigenvalue weighted by Gasteiger charge is 2.18. The Kier molecular flexibility index (Phi) is 4.65. The molecule has 2 aromatic rings. The van der Waals surface area contributed by atoms with Crippen molar-refractivity contribution in [2.24, 2.45) is 0 Å². The van der Waals surface area contributed by atoms with E-state index in [4.69, 9.17) is 0 Å². The van der Waals surface area contributed by atoms with Crippen molar-refractivity contribution in [2.45, 2.75) is 13.0 Å². The molecule has 104 valence electrons. The SMILES string of the molecule is CC(c1ccc(O)cc1)N(C)C(=O)c1ccc(I)cc1. The van der Waals surface area contributed by atoms with E-state index < -0.39 is 0 Å². The highest BCUT2D eigenvalue weighted by Crippen LogP contribution is 2.22. The van der Waals surface area contributed by atoms with E-state index in [-0.39, 0.29) is 17.7 Å². The molecule has 2 aromatic carbocycles. The van der Waals surface area contributed by atoms with Crippen molar-refractivity contribution in [1.29, 1.82) is 0 Å². The van der Waals surface area contributed by atoms with Gasteiger partial charge in [0.1, 0.15) is 5.75 Å². The van der Waals surface area contributed by atoms with Crippen LogP contribution in [0, 0.1) is 3.57 Å². The summed E-state index contributed by atoms with van der Waals surface area (Å²) in [5.74, 6) is 0.217. The Morgan fingerprint density at radius 1 is 1.10 bits per heavy atom. The summed E-state index contributed by atoms with van der Waals surface area (Å²) in [5.41, 5.74) is 1.67. The molecule has 0 spiro atoms. The van der Waals surface area contributed by atoms with Gasteiger partial charge in [-0.25, -0.2) is 0 Å². The van der Waals surface area contributed by atoms with Gasteiger partial charge in [-0.15, -0.1) is 0 Å². The molecule has 0 fully saturated rings. The lowest BCUT2D eigenvalue weighted by Gasteiger charge is -2.25. The molecule has 0 aliphatic rings. The first kappa shape index (κ1) is 14.8. The maximum absolute atomic E-state index is 12.4. The van der Waals surface area contributed by atoms with Gasteiger partial charge >= 0.3 is 0 Å². The number of carbonyl (C=O) groups excluding carboxylic acids is 1. The van der Waals surface area contributed by atoms with Crippen molar-refractivity contribution in [3.63, 3.8) is 0 Å². The zero-order chi connectivity index (χ0) is 14.7. The molecular weight excluding hydrogens is 365 g/mol. The molecule has 0 aliphatic heterocycles. The van der Waals surface area contributed by atoms with Crippen LogP contribution in [0.2, 0.25) is 0 Å². The second kappa shape index (κ2) is 6.26. The number of phenolic OH excluding ortho intramolecular Hbond substituents is 1. The quantitative estimate of drug-likeness (QED) is 0.822. The fraction of sp³-hybridized carbons (Fsp3) is 0.188. The van der Waals surface area contributed by atoms with Crippen LogP contribution >= 0.6 is 22.6 Å². The summed E-state index contributed by atoms with van der Waals surface area (Å²) in [5, 5.41) is 9.31.